The van der Waals surface area contributed by atoms with Crippen LogP contribution in [0.5, 0.6) is 0 Å². The van der Waals surface area contributed by atoms with E-state index in [1.807, 2.05) is 30.1 Å². The van der Waals surface area contributed by atoms with Crippen molar-refractivity contribution in [3.63, 3.8) is 0 Å². The predicted molar refractivity (Wildman–Crippen MR) is 62.8 cm³/mol. The van der Waals surface area contributed by atoms with Crippen LogP contribution in [0.1, 0.15) is 12.0 Å². The minimum Gasteiger partial charge on any atom is -0.388 e. The van der Waals surface area contributed by atoms with Gasteiger partial charge in [-0.25, -0.2) is 0 Å². The van der Waals surface area contributed by atoms with Gasteiger partial charge in [0.05, 0.1) is 5.60 Å². The lowest BCUT2D eigenvalue weighted by Gasteiger charge is -2.21. The molecule has 1 aromatic heterocycles. The average Bonchev–Trinajstić information content (AvgIpc) is 2.67. The molecule has 0 saturated carbocycles. The van der Waals surface area contributed by atoms with Gasteiger partial charge in [-0.05, 0) is 23.8 Å². The first-order valence-electron chi connectivity index (χ1n) is 5.18. The Bertz CT molecular complexity index is 299. The Morgan fingerprint density at radius 1 is 1.60 bits per heavy atom. The van der Waals surface area contributed by atoms with Crippen molar-refractivity contribution >= 4 is 11.8 Å². The van der Waals surface area contributed by atoms with Gasteiger partial charge in [0.1, 0.15) is 0 Å². The maximum Gasteiger partial charge on any atom is 0.0869 e. The molecule has 1 saturated heterocycles. The molecule has 2 rings (SSSR count). The van der Waals surface area contributed by atoms with E-state index in [-0.39, 0.29) is 0 Å². The van der Waals surface area contributed by atoms with E-state index >= 15 is 0 Å². The molecular formula is C11H16N2OS. The van der Waals surface area contributed by atoms with Gasteiger partial charge in [0.2, 0.25) is 0 Å². The molecule has 1 unspecified atom stereocenters. The number of hydrogen-bond acceptors (Lipinski definition) is 4. The van der Waals surface area contributed by atoms with Gasteiger partial charge in [0, 0.05) is 31.2 Å². The highest BCUT2D eigenvalue weighted by Gasteiger charge is 2.30. The summed E-state index contributed by atoms with van der Waals surface area (Å²) in [6, 6.07) is 3.96. The fraction of sp³-hybridized carbons (Fsp3) is 0.545. The Kier molecular flexibility index (Phi) is 3.61. The van der Waals surface area contributed by atoms with E-state index in [0.717, 1.165) is 30.0 Å². The van der Waals surface area contributed by atoms with E-state index < -0.39 is 5.60 Å². The number of rotatable bonds is 4. The molecular weight excluding hydrogens is 208 g/mol. The first-order valence-corrected chi connectivity index (χ1v) is 6.34. The third-order valence-electron chi connectivity index (χ3n) is 2.59. The van der Waals surface area contributed by atoms with Gasteiger partial charge in [-0.15, -0.1) is 0 Å². The molecule has 0 radical (unpaired) electrons. The summed E-state index contributed by atoms with van der Waals surface area (Å²) in [5.41, 5.74) is 0.666. The highest BCUT2D eigenvalue weighted by atomic mass is 32.2. The summed E-state index contributed by atoms with van der Waals surface area (Å²) < 4.78 is 0. The van der Waals surface area contributed by atoms with Crippen LogP contribution in [0.2, 0.25) is 0 Å². The van der Waals surface area contributed by atoms with Crippen LogP contribution < -0.4 is 5.32 Å². The van der Waals surface area contributed by atoms with Crippen molar-refractivity contribution in [1.82, 2.24) is 10.3 Å². The monoisotopic (exact) mass is 224 g/mol. The Balaban J connectivity index is 1.75. The van der Waals surface area contributed by atoms with E-state index in [0.29, 0.717) is 6.54 Å². The van der Waals surface area contributed by atoms with E-state index in [1.165, 1.54) is 0 Å². The van der Waals surface area contributed by atoms with Gasteiger partial charge >= 0.3 is 0 Å². The van der Waals surface area contributed by atoms with Crippen LogP contribution in [0.15, 0.2) is 24.5 Å². The third-order valence-corrected chi connectivity index (χ3v) is 3.82. The van der Waals surface area contributed by atoms with Crippen molar-refractivity contribution in [2.45, 2.75) is 18.6 Å². The summed E-state index contributed by atoms with van der Waals surface area (Å²) in [4.78, 5) is 4.05. The van der Waals surface area contributed by atoms with E-state index in [2.05, 4.69) is 10.3 Å². The molecule has 1 aliphatic rings. The first kappa shape index (κ1) is 10.9. The number of aromatic nitrogens is 1. The smallest absolute Gasteiger partial charge is 0.0869 e. The van der Waals surface area contributed by atoms with Crippen LogP contribution >= 0.6 is 11.8 Å². The zero-order valence-electron chi connectivity index (χ0n) is 8.65. The third kappa shape index (κ3) is 3.19. The maximum absolute atomic E-state index is 10.1. The first-order chi connectivity index (χ1) is 7.29. The summed E-state index contributed by atoms with van der Waals surface area (Å²) in [7, 11) is 0. The highest BCUT2D eigenvalue weighted by molar-refractivity contribution is 7.99. The summed E-state index contributed by atoms with van der Waals surface area (Å²) in [6.07, 6.45) is 4.52. The molecule has 2 N–H and O–H groups in total. The Morgan fingerprint density at radius 3 is 3.20 bits per heavy atom. The van der Waals surface area contributed by atoms with Crippen molar-refractivity contribution in [2.24, 2.45) is 0 Å². The zero-order chi connectivity index (χ0) is 10.6. The highest BCUT2D eigenvalue weighted by Crippen LogP contribution is 2.26. The lowest BCUT2D eigenvalue weighted by Crippen LogP contribution is -2.40. The maximum atomic E-state index is 10.1. The summed E-state index contributed by atoms with van der Waals surface area (Å²) >= 11 is 1.82. The van der Waals surface area contributed by atoms with Crippen molar-refractivity contribution in [2.75, 3.05) is 18.1 Å². The van der Waals surface area contributed by atoms with Crippen molar-refractivity contribution in [3.05, 3.63) is 30.1 Å². The second-order valence-electron chi connectivity index (χ2n) is 3.99. The zero-order valence-corrected chi connectivity index (χ0v) is 9.46. The fourth-order valence-corrected chi connectivity index (χ4v) is 2.97. The molecule has 4 heteroatoms. The summed E-state index contributed by atoms with van der Waals surface area (Å²) in [6.45, 7) is 1.45. The number of hydrogen-bond donors (Lipinski definition) is 2. The van der Waals surface area contributed by atoms with Crippen LogP contribution in [0.25, 0.3) is 0 Å². The molecule has 2 heterocycles. The van der Waals surface area contributed by atoms with E-state index in [1.54, 1.807) is 6.20 Å². The molecule has 1 aromatic rings. The SMILES string of the molecule is OC1(CNCc2cccnc2)CCSC1. The van der Waals surface area contributed by atoms with Crippen LogP contribution in [0, 0.1) is 0 Å². The quantitative estimate of drug-likeness (QED) is 0.802. The Morgan fingerprint density at radius 2 is 2.53 bits per heavy atom. The van der Waals surface area contributed by atoms with Gasteiger partial charge in [-0.3, -0.25) is 4.98 Å². The number of pyridine rings is 1. The molecule has 15 heavy (non-hydrogen) atoms. The molecule has 1 fully saturated rings. The molecule has 0 amide bonds. The fourth-order valence-electron chi connectivity index (χ4n) is 1.68. The molecule has 0 aromatic carbocycles. The predicted octanol–water partition coefficient (Wildman–Crippen LogP) is 1.04. The number of aliphatic hydroxyl groups is 1. The average molecular weight is 224 g/mol. The minimum atomic E-state index is -0.493. The molecule has 1 aliphatic heterocycles. The second-order valence-corrected chi connectivity index (χ2v) is 5.10. The number of nitrogens with zero attached hydrogens (tertiary/aromatic N) is 1. The Labute approximate surface area is 94.3 Å². The van der Waals surface area contributed by atoms with Gasteiger partial charge in [0.15, 0.2) is 0 Å². The van der Waals surface area contributed by atoms with Crippen molar-refractivity contribution in [3.8, 4) is 0 Å². The molecule has 3 nitrogen and oxygen atoms in total. The Hall–Kier alpha value is -0.580. The van der Waals surface area contributed by atoms with Gasteiger partial charge in [0.25, 0.3) is 0 Å². The standard InChI is InChI=1S/C11H16N2OS/c14-11(3-5-15-9-11)8-13-7-10-2-1-4-12-6-10/h1-2,4,6,13-14H,3,5,7-9H2. The summed E-state index contributed by atoms with van der Waals surface area (Å²) in [5, 5.41) is 13.4. The van der Waals surface area contributed by atoms with Crippen LogP contribution in [-0.2, 0) is 6.54 Å². The lowest BCUT2D eigenvalue weighted by atomic mass is 10.0. The molecule has 1 atom stereocenters. The van der Waals surface area contributed by atoms with Crippen molar-refractivity contribution in [1.29, 1.82) is 0 Å². The van der Waals surface area contributed by atoms with Gasteiger partial charge < -0.3 is 10.4 Å². The molecule has 0 spiro atoms. The van der Waals surface area contributed by atoms with Crippen LogP contribution in [-0.4, -0.2) is 33.7 Å². The number of thioether (sulfide) groups is 1. The minimum absolute atomic E-state index is 0.493. The lowest BCUT2D eigenvalue weighted by molar-refractivity contribution is 0.0674. The normalized spacial score (nSPS) is 25.7. The van der Waals surface area contributed by atoms with Crippen LogP contribution in [0.3, 0.4) is 0 Å². The van der Waals surface area contributed by atoms with E-state index in [4.69, 9.17) is 0 Å². The molecule has 0 bridgehead atoms. The molecule has 82 valence electrons. The van der Waals surface area contributed by atoms with E-state index in [9.17, 15) is 5.11 Å². The second kappa shape index (κ2) is 4.96. The topological polar surface area (TPSA) is 45.1 Å². The van der Waals surface area contributed by atoms with Crippen molar-refractivity contribution < 1.29 is 5.11 Å². The van der Waals surface area contributed by atoms with Crippen LogP contribution in [0.4, 0.5) is 0 Å². The molecule has 0 aliphatic carbocycles. The van der Waals surface area contributed by atoms with Gasteiger partial charge in [-0.2, -0.15) is 11.8 Å². The van der Waals surface area contributed by atoms with Gasteiger partial charge in [-0.1, -0.05) is 6.07 Å². The summed E-state index contributed by atoms with van der Waals surface area (Å²) in [5.74, 6) is 1.93. The largest absolute Gasteiger partial charge is 0.388 e. The number of nitrogens with one attached hydrogen (secondary N) is 1.